The topological polar surface area (TPSA) is 26.0 Å². The van der Waals surface area contributed by atoms with Crippen molar-refractivity contribution in [2.45, 2.75) is 20.4 Å². The molecular formula is C15H17N. The quantitative estimate of drug-likeness (QED) is 0.809. The number of aryl methyl sites for hydroxylation is 2. The van der Waals surface area contributed by atoms with Crippen molar-refractivity contribution in [3.05, 3.63) is 59.2 Å². The minimum absolute atomic E-state index is 0.588. The fraction of sp³-hybridized carbons (Fsp3) is 0.200. The summed E-state index contributed by atoms with van der Waals surface area (Å²) in [5.41, 5.74) is 12.0. The lowest BCUT2D eigenvalue weighted by Gasteiger charge is -2.09. The lowest BCUT2D eigenvalue weighted by Crippen LogP contribution is -1.99. The van der Waals surface area contributed by atoms with Crippen molar-refractivity contribution in [2.24, 2.45) is 5.73 Å². The third kappa shape index (κ3) is 2.15. The summed E-state index contributed by atoms with van der Waals surface area (Å²) < 4.78 is 0. The molecule has 0 aliphatic carbocycles. The van der Waals surface area contributed by atoms with E-state index in [1.165, 1.54) is 27.8 Å². The van der Waals surface area contributed by atoms with Gasteiger partial charge in [-0.05, 0) is 30.5 Å². The summed E-state index contributed by atoms with van der Waals surface area (Å²) in [5, 5.41) is 0. The van der Waals surface area contributed by atoms with Gasteiger partial charge in [0.15, 0.2) is 0 Å². The van der Waals surface area contributed by atoms with Crippen LogP contribution in [0.4, 0.5) is 0 Å². The molecule has 0 amide bonds. The first-order valence-corrected chi connectivity index (χ1v) is 5.57. The predicted molar refractivity (Wildman–Crippen MR) is 69.2 cm³/mol. The van der Waals surface area contributed by atoms with Crippen molar-refractivity contribution < 1.29 is 0 Å². The third-order valence-corrected chi connectivity index (χ3v) is 2.84. The number of benzene rings is 2. The molecule has 2 rings (SSSR count). The van der Waals surface area contributed by atoms with Gasteiger partial charge in [0, 0.05) is 6.54 Å². The van der Waals surface area contributed by atoms with Gasteiger partial charge in [-0.1, -0.05) is 53.6 Å². The van der Waals surface area contributed by atoms with E-state index in [0.717, 1.165) is 0 Å². The Hall–Kier alpha value is -1.60. The van der Waals surface area contributed by atoms with Crippen molar-refractivity contribution in [3.63, 3.8) is 0 Å². The van der Waals surface area contributed by atoms with Gasteiger partial charge in [0.1, 0.15) is 0 Å². The van der Waals surface area contributed by atoms with Crippen molar-refractivity contribution >= 4 is 0 Å². The molecule has 2 aromatic carbocycles. The van der Waals surface area contributed by atoms with E-state index in [0.29, 0.717) is 6.54 Å². The van der Waals surface area contributed by atoms with Crippen LogP contribution in [-0.2, 0) is 6.54 Å². The number of hydrogen-bond acceptors (Lipinski definition) is 1. The van der Waals surface area contributed by atoms with Crippen LogP contribution in [0.2, 0.25) is 0 Å². The second kappa shape index (κ2) is 4.50. The van der Waals surface area contributed by atoms with Crippen LogP contribution in [0.5, 0.6) is 0 Å². The summed E-state index contributed by atoms with van der Waals surface area (Å²) in [4.78, 5) is 0. The first kappa shape index (κ1) is 10.9. The van der Waals surface area contributed by atoms with Crippen LogP contribution in [0.15, 0.2) is 42.5 Å². The van der Waals surface area contributed by atoms with Crippen LogP contribution in [0.3, 0.4) is 0 Å². The standard InChI is InChI=1S/C15H17N/c1-11-3-6-13(7-4-11)15-8-5-12(2)9-14(15)10-16/h3-9H,10,16H2,1-2H3. The largest absolute Gasteiger partial charge is 0.326 e. The van der Waals surface area contributed by atoms with Gasteiger partial charge < -0.3 is 5.73 Å². The van der Waals surface area contributed by atoms with Crippen molar-refractivity contribution in [2.75, 3.05) is 0 Å². The molecule has 0 aliphatic rings. The van der Waals surface area contributed by atoms with Gasteiger partial charge in [0.25, 0.3) is 0 Å². The summed E-state index contributed by atoms with van der Waals surface area (Å²) in [7, 11) is 0. The van der Waals surface area contributed by atoms with Crippen molar-refractivity contribution in [1.29, 1.82) is 0 Å². The fourth-order valence-corrected chi connectivity index (χ4v) is 1.91. The van der Waals surface area contributed by atoms with Crippen molar-refractivity contribution in [3.8, 4) is 11.1 Å². The average Bonchev–Trinajstić information content (AvgIpc) is 2.30. The number of hydrogen-bond donors (Lipinski definition) is 1. The van der Waals surface area contributed by atoms with Gasteiger partial charge in [-0.2, -0.15) is 0 Å². The molecule has 2 N–H and O–H groups in total. The molecule has 1 heteroatoms. The van der Waals surface area contributed by atoms with Crippen LogP contribution in [0.1, 0.15) is 16.7 Å². The molecule has 82 valence electrons. The maximum absolute atomic E-state index is 5.79. The zero-order chi connectivity index (χ0) is 11.5. The monoisotopic (exact) mass is 211 g/mol. The summed E-state index contributed by atoms with van der Waals surface area (Å²) in [6.45, 7) is 4.78. The Labute approximate surface area is 96.9 Å². The summed E-state index contributed by atoms with van der Waals surface area (Å²) in [6.07, 6.45) is 0. The molecule has 0 heterocycles. The lowest BCUT2D eigenvalue weighted by molar-refractivity contribution is 1.07. The van der Waals surface area contributed by atoms with Crippen LogP contribution in [-0.4, -0.2) is 0 Å². The summed E-state index contributed by atoms with van der Waals surface area (Å²) in [5.74, 6) is 0. The predicted octanol–water partition coefficient (Wildman–Crippen LogP) is 3.43. The van der Waals surface area contributed by atoms with Crippen LogP contribution >= 0.6 is 0 Å². The normalized spacial score (nSPS) is 10.4. The number of rotatable bonds is 2. The van der Waals surface area contributed by atoms with Crippen LogP contribution in [0, 0.1) is 13.8 Å². The second-order valence-electron chi connectivity index (χ2n) is 4.23. The van der Waals surface area contributed by atoms with E-state index in [-0.39, 0.29) is 0 Å². The molecule has 0 aliphatic heterocycles. The first-order valence-electron chi connectivity index (χ1n) is 5.57. The molecular weight excluding hydrogens is 194 g/mol. The van der Waals surface area contributed by atoms with E-state index >= 15 is 0 Å². The molecule has 0 atom stereocenters. The molecule has 0 radical (unpaired) electrons. The minimum Gasteiger partial charge on any atom is -0.326 e. The van der Waals surface area contributed by atoms with Gasteiger partial charge >= 0.3 is 0 Å². The molecule has 16 heavy (non-hydrogen) atoms. The lowest BCUT2D eigenvalue weighted by atomic mass is 9.97. The molecule has 2 aromatic rings. The fourth-order valence-electron chi connectivity index (χ4n) is 1.91. The SMILES string of the molecule is Cc1ccc(-c2ccc(C)cc2CN)cc1. The first-order chi connectivity index (χ1) is 7.70. The van der Waals surface area contributed by atoms with Gasteiger partial charge in [0.05, 0.1) is 0 Å². The maximum Gasteiger partial charge on any atom is 0.0184 e. The van der Waals surface area contributed by atoms with Gasteiger partial charge in [0.2, 0.25) is 0 Å². The van der Waals surface area contributed by atoms with E-state index in [9.17, 15) is 0 Å². The zero-order valence-electron chi connectivity index (χ0n) is 9.83. The highest BCUT2D eigenvalue weighted by Crippen LogP contribution is 2.24. The summed E-state index contributed by atoms with van der Waals surface area (Å²) in [6, 6.07) is 15.0. The van der Waals surface area contributed by atoms with Gasteiger partial charge in [-0.15, -0.1) is 0 Å². The Morgan fingerprint density at radius 2 is 1.50 bits per heavy atom. The highest BCUT2D eigenvalue weighted by Gasteiger charge is 2.03. The van der Waals surface area contributed by atoms with E-state index in [1.54, 1.807) is 0 Å². The molecule has 0 spiro atoms. The molecule has 0 aromatic heterocycles. The van der Waals surface area contributed by atoms with Crippen molar-refractivity contribution in [1.82, 2.24) is 0 Å². The Balaban J connectivity index is 2.51. The highest BCUT2D eigenvalue weighted by atomic mass is 14.5. The smallest absolute Gasteiger partial charge is 0.0184 e. The van der Waals surface area contributed by atoms with E-state index < -0.39 is 0 Å². The van der Waals surface area contributed by atoms with Gasteiger partial charge in [-0.25, -0.2) is 0 Å². The molecule has 0 saturated heterocycles. The Morgan fingerprint density at radius 1 is 0.875 bits per heavy atom. The Morgan fingerprint density at radius 3 is 2.12 bits per heavy atom. The van der Waals surface area contributed by atoms with Gasteiger partial charge in [-0.3, -0.25) is 0 Å². The Kier molecular flexibility index (Phi) is 3.07. The molecule has 0 unspecified atom stereocenters. The van der Waals surface area contributed by atoms with Crippen LogP contribution in [0.25, 0.3) is 11.1 Å². The average molecular weight is 211 g/mol. The van der Waals surface area contributed by atoms with Crippen LogP contribution < -0.4 is 5.73 Å². The summed E-state index contributed by atoms with van der Waals surface area (Å²) >= 11 is 0. The second-order valence-corrected chi connectivity index (χ2v) is 4.23. The molecule has 0 bridgehead atoms. The Bertz CT molecular complexity index is 483. The van der Waals surface area contributed by atoms with E-state index in [4.69, 9.17) is 5.73 Å². The maximum atomic E-state index is 5.79. The highest BCUT2D eigenvalue weighted by molar-refractivity contribution is 5.68. The third-order valence-electron chi connectivity index (χ3n) is 2.84. The molecule has 0 fully saturated rings. The number of nitrogens with two attached hydrogens (primary N) is 1. The van der Waals surface area contributed by atoms with E-state index in [1.807, 2.05) is 0 Å². The molecule has 1 nitrogen and oxygen atoms in total. The minimum atomic E-state index is 0.588. The van der Waals surface area contributed by atoms with E-state index in [2.05, 4.69) is 56.3 Å². The zero-order valence-corrected chi connectivity index (χ0v) is 9.83. The molecule has 0 saturated carbocycles.